The van der Waals surface area contributed by atoms with Crippen LogP contribution in [0.1, 0.15) is 59.5 Å². The summed E-state index contributed by atoms with van der Waals surface area (Å²) in [5.74, 6) is 0.377. The second kappa shape index (κ2) is 10.5. The molecular weight excluding hydrogens is 498 g/mol. The van der Waals surface area contributed by atoms with E-state index in [1.165, 1.54) is 23.8 Å². The molecule has 0 bridgehead atoms. The molecule has 0 radical (unpaired) electrons. The van der Waals surface area contributed by atoms with Crippen molar-refractivity contribution >= 4 is 40.2 Å². The van der Waals surface area contributed by atoms with Crippen molar-refractivity contribution in [3.63, 3.8) is 0 Å². The Hall–Kier alpha value is -4.05. The molecule has 1 fully saturated rings. The monoisotopic (exact) mass is 522 g/mol. The predicted octanol–water partition coefficient (Wildman–Crippen LogP) is 6.99. The molecule has 1 N–H and O–H groups in total. The standard InChI is InChI=1S/C27H24F2N4O3S/c1-16(2)35-24-18(9-6-10-21(24)36-26(28)29)12-13-19-23(33-14-4-3-11-22(33)30-19)25(34)32-27-31-20(15-37-27)17-7-5-8-17/h3-4,6,9-15,17,26H,1,5,7-8H2,2H3,(H,31,32,34). The van der Waals surface area contributed by atoms with Crippen LogP contribution in [0.4, 0.5) is 13.9 Å². The molecule has 10 heteroatoms. The number of hydrogen-bond acceptors (Lipinski definition) is 6. The van der Waals surface area contributed by atoms with Crippen molar-refractivity contribution in [2.24, 2.45) is 0 Å². The number of nitrogens with one attached hydrogen (secondary N) is 1. The van der Waals surface area contributed by atoms with E-state index >= 15 is 0 Å². The highest BCUT2D eigenvalue weighted by molar-refractivity contribution is 7.14. The maximum absolute atomic E-state index is 13.4. The van der Waals surface area contributed by atoms with E-state index in [-0.39, 0.29) is 17.4 Å². The lowest BCUT2D eigenvalue weighted by Crippen LogP contribution is -2.16. The van der Waals surface area contributed by atoms with Crippen LogP contribution in [0.5, 0.6) is 11.5 Å². The lowest BCUT2D eigenvalue weighted by Gasteiger charge is -2.22. The van der Waals surface area contributed by atoms with Gasteiger partial charge in [0, 0.05) is 23.1 Å². The normalized spacial score (nSPS) is 13.7. The number of anilines is 1. The summed E-state index contributed by atoms with van der Waals surface area (Å²) >= 11 is 1.40. The number of thiazole rings is 1. The number of nitrogens with zero attached hydrogens (tertiary/aromatic N) is 3. The molecule has 1 aliphatic carbocycles. The highest BCUT2D eigenvalue weighted by atomic mass is 32.1. The van der Waals surface area contributed by atoms with Gasteiger partial charge in [-0.05, 0) is 50.1 Å². The summed E-state index contributed by atoms with van der Waals surface area (Å²) in [4.78, 5) is 22.6. The molecule has 1 amide bonds. The Bertz CT molecular complexity index is 1490. The summed E-state index contributed by atoms with van der Waals surface area (Å²) in [5.41, 5.74) is 2.75. The Balaban J connectivity index is 1.49. The van der Waals surface area contributed by atoms with Crippen molar-refractivity contribution in [2.75, 3.05) is 5.32 Å². The predicted molar refractivity (Wildman–Crippen MR) is 139 cm³/mol. The third-order valence-corrected chi connectivity index (χ3v) is 6.74. The van der Waals surface area contributed by atoms with Gasteiger partial charge in [-0.25, -0.2) is 9.97 Å². The molecule has 37 heavy (non-hydrogen) atoms. The first-order chi connectivity index (χ1) is 17.9. The summed E-state index contributed by atoms with van der Waals surface area (Å²) in [6.45, 7) is 2.28. The number of benzene rings is 1. The van der Waals surface area contributed by atoms with E-state index in [0.717, 1.165) is 18.5 Å². The van der Waals surface area contributed by atoms with Crippen molar-refractivity contribution in [3.8, 4) is 11.5 Å². The first kappa shape index (κ1) is 24.6. The van der Waals surface area contributed by atoms with Gasteiger partial charge in [0.1, 0.15) is 11.3 Å². The molecule has 4 aromatic rings. The number of amides is 1. The number of carbonyl (C=O) groups is 1. The van der Waals surface area contributed by atoms with Gasteiger partial charge in [-0.15, -0.1) is 11.3 Å². The maximum Gasteiger partial charge on any atom is 0.387 e. The zero-order valence-corrected chi connectivity index (χ0v) is 20.8. The van der Waals surface area contributed by atoms with Gasteiger partial charge >= 0.3 is 6.61 Å². The maximum atomic E-state index is 13.4. The van der Waals surface area contributed by atoms with E-state index < -0.39 is 6.61 Å². The molecule has 3 aromatic heterocycles. The lowest BCUT2D eigenvalue weighted by atomic mass is 9.83. The average Bonchev–Trinajstić information content (AvgIpc) is 3.41. The van der Waals surface area contributed by atoms with Crippen LogP contribution in [-0.2, 0) is 0 Å². The number of para-hydroxylation sites is 1. The van der Waals surface area contributed by atoms with E-state index in [4.69, 9.17) is 4.74 Å². The quantitative estimate of drug-likeness (QED) is 0.240. The molecule has 0 saturated heterocycles. The molecule has 1 aromatic carbocycles. The number of ether oxygens (including phenoxy) is 2. The van der Waals surface area contributed by atoms with Crippen LogP contribution in [0.25, 0.3) is 17.8 Å². The highest BCUT2D eigenvalue weighted by Gasteiger charge is 2.24. The summed E-state index contributed by atoms with van der Waals surface area (Å²) < 4.78 is 37.8. The first-order valence-electron chi connectivity index (χ1n) is 11.7. The van der Waals surface area contributed by atoms with Gasteiger partial charge < -0.3 is 9.47 Å². The fourth-order valence-electron chi connectivity index (χ4n) is 4.05. The SMILES string of the molecule is C=C(C)Oc1c(C=Cc2nc3ccccn3c2C(=O)Nc2nc(C3CCC3)cs2)cccc1OC(F)F. The van der Waals surface area contributed by atoms with Crippen LogP contribution in [0, 0.1) is 0 Å². The molecule has 0 aliphatic heterocycles. The largest absolute Gasteiger partial charge is 0.458 e. The fraction of sp³-hybridized carbons (Fsp3) is 0.222. The van der Waals surface area contributed by atoms with Crippen LogP contribution in [0.15, 0.2) is 60.3 Å². The van der Waals surface area contributed by atoms with Crippen molar-refractivity contribution in [1.29, 1.82) is 0 Å². The molecule has 0 atom stereocenters. The van der Waals surface area contributed by atoms with Gasteiger partial charge in [-0.2, -0.15) is 8.78 Å². The van der Waals surface area contributed by atoms with Gasteiger partial charge in [0.05, 0.1) is 17.1 Å². The Morgan fingerprint density at radius 1 is 1.22 bits per heavy atom. The third kappa shape index (κ3) is 5.39. The minimum Gasteiger partial charge on any atom is -0.458 e. The lowest BCUT2D eigenvalue weighted by molar-refractivity contribution is -0.0511. The molecular formula is C27H24F2N4O3S. The summed E-state index contributed by atoms with van der Waals surface area (Å²) in [5, 5.41) is 5.42. The Labute approximate surface area is 216 Å². The van der Waals surface area contributed by atoms with Crippen LogP contribution >= 0.6 is 11.3 Å². The number of alkyl halides is 2. The number of pyridine rings is 1. The van der Waals surface area contributed by atoms with E-state index in [9.17, 15) is 13.6 Å². The second-order valence-electron chi connectivity index (χ2n) is 8.62. The first-order valence-corrected chi connectivity index (χ1v) is 12.6. The minimum absolute atomic E-state index is 0.0904. The number of imidazole rings is 1. The van der Waals surface area contributed by atoms with Gasteiger partial charge in [-0.3, -0.25) is 14.5 Å². The topological polar surface area (TPSA) is 77.8 Å². The summed E-state index contributed by atoms with van der Waals surface area (Å²) in [7, 11) is 0. The van der Waals surface area contributed by atoms with Crippen LogP contribution in [0.2, 0.25) is 0 Å². The number of carbonyl (C=O) groups excluding carboxylic acids is 1. The van der Waals surface area contributed by atoms with Gasteiger partial charge in [0.25, 0.3) is 5.91 Å². The smallest absolute Gasteiger partial charge is 0.387 e. The fourth-order valence-corrected chi connectivity index (χ4v) is 4.84. The van der Waals surface area contributed by atoms with Crippen LogP contribution in [0.3, 0.4) is 0 Å². The Morgan fingerprint density at radius 2 is 2.05 bits per heavy atom. The van der Waals surface area contributed by atoms with E-state index in [1.54, 1.807) is 53.9 Å². The van der Waals surface area contributed by atoms with Crippen molar-refractivity contribution < 1.29 is 23.0 Å². The highest BCUT2D eigenvalue weighted by Crippen LogP contribution is 2.38. The van der Waals surface area contributed by atoms with Gasteiger partial charge in [0.15, 0.2) is 16.6 Å². The molecule has 1 saturated carbocycles. The minimum atomic E-state index is -3.02. The number of halogens is 2. The van der Waals surface area contributed by atoms with E-state index in [1.807, 2.05) is 11.4 Å². The number of hydrogen-bond donors (Lipinski definition) is 1. The van der Waals surface area contributed by atoms with Crippen molar-refractivity contribution in [3.05, 3.63) is 83.0 Å². The van der Waals surface area contributed by atoms with Gasteiger partial charge in [-0.1, -0.05) is 31.2 Å². The molecule has 190 valence electrons. The molecule has 1 aliphatic rings. The average molecular weight is 523 g/mol. The van der Waals surface area contributed by atoms with E-state index in [2.05, 4.69) is 26.6 Å². The summed E-state index contributed by atoms with van der Waals surface area (Å²) in [6, 6.07) is 10.1. The molecule has 7 nitrogen and oxygen atoms in total. The third-order valence-electron chi connectivity index (χ3n) is 5.96. The zero-order chi connectivity index (χ0) is 25.9. The number of aromatic nitrogens is 3. The second-order valence-corrected chi connectivity index (χ2v) is 9.48. The molecule has 5 rings (SSSR count). The van der Waals surface area contributed by atoms with Gasteiger partial charge in [0.2, 0.25) is 0 Å². The zero-order valence-electron chi connectivity index (χ0n) is 20.0. The van der Waals surface area contributed by atoms with Crippen molar-refractivity contribution in [1.82, 2.24) is 14.4 Å². The Morgan fingerprint density at radius 3 is 2.78 bits per heavy atom. The number of allylic oxidation sites excluding steroid dienone is 1. The van der Waals surface area contributed by atoms with E-state index in [0.29, 0.717) is 39.4 Å². The Kier molecular flexibility index (Phi) is 7.00. The van der Waals surface area contributed by atoms with Crippen LogP contribution < -0.4 is 14.8 Å². The number of fused-ring (bicyclic) bond motifs is 1. The molecule has 0 unspecified atom stereocenters. The molecule has 0 spiro atoms. The van der Waals surface area contributed by atoms with Crippen LogP contribution in [-0.4, -0.2) is 26.9 Å². The molecule has 3 heterocycles. The summed E-state index contributed by atoms with van der Waals surface area (Å²) in [6.07, 6.45) is 8.48. The van der Waals surface area contributed by atoms with Crippen molar-refractivity contribution in [2.45, 2.75) is 38.7 Å². The number of rotatable bonds is 9.